The van der Waals surface area contributed by atoms with Crippen LogP contribution in [-0.2, 0) is 0 Å². The van der Waals surface area contributed by atoms with Crippen LogP contribution in [0.3, 0.4) is 0 Å². The first kappa shape index (κ1) is 17.9. The molecular weight excluding hydrogens is 420 g/mol. The molecule has 0 aliphatic carbocycles. The van der Waals surface area contributed by atoms with E-state index >= 15 is 0 Å². The molecule has 0 aliphatic heterocycles. The van der Waals surface area contributed by atoms with E-state index in [1.165, 1.54) is 12.3 Å². The fourth-order valence-electron chi connectivity index (χ4n) is 2.78. The number of hydrogen-bond donors (Lipinski definition) is 3. The number of carbonyl (C=O) groups is 1. The van der Waals surface area contributed by atoms with Gasteiger partial charge in [0.05, 0.1) is 11.9 Å². The predicted molar refractivity (Wildman–Crippen MR) is 112 cm³/mol. The Balaban J connectivity index is 1.49. The lowest BCUT2D eigenvalue weighted by Crippen LogP contribution is -2.18. The van der Waals surface area contributed by atoms with E-state index in [4.69, 9.17) is 0 Å². The van der Waals surface area contributed by atoms with Gasteiger partial charge in [0.1, 0.15) is 11.4 Å². The van der Waals surface area contributed by atoms with Gasteiger partial charge in [-0.3, -0.25) is 9.89 Å². The molecule has 1 aromatic heterocycles. The number of hydrogen-bond acceptors (Lipinski definition) is 4. The molecule has 28 heavy (non-hydrogen) atoms. The standard InChI is InChI=1S/C21H15BrN4O2/c22-17-7-8-20(27)16(10-17)12-23-26-21(28)19-11-18(24-25-19)15-6-5-13-3-1-2-4-14(13)9-15/h1-12,27H,(H,24,25)(H,26,28). The number of aromatic nitrogens is 2. The second-order valence-electron chi connectivity index (χ2n) is 6.13. The summed E-state index contributed by atoms with van der Waals surface area (Å²) in [4.78, 5) is 12.3. The average molecular weight is 435 g/mol. The zero-order valence-electron chi connectivity index (χ0n) is 14.6. The lowest BCUT2D eigenvalue weighted by Gasteiger charge is -2.00. The van der Waals surface area contributed by atoms with Crippen LogP contribution in [0, 0.1) is 0 Å². The van der Waals surface area contributed by atoms with E-state index in [1.54, 1.807) is 18.2 Å². The summed E-state index contributed by atoms with van der Waals surface area (Å²) in [7, 11) is 0. The molecule has 0 unspecified atom stereocenters. The van der Waals surface area contributed by atoms with Gasteiger partial charge in [-0.2, -0.15) is 10.2 Å². The Morgan fingerprint density at radius 1 is 1.07 bits per heavy atom. The van der Waals surface area contributed by atoms with Crippen molar-refractivity contribution in [1.29, 1.82) is 0 Å². The zero-order valence-corrected chi connectivity index (χ0v) is 16.1. The number of aromatic hydroxyl groups is 1. The number of aromatic amines is 1. The van der Waals surface area contributed by atoms with Crippen molar-refractivity contribution in [2.45, 2.75) is 0 Å². The van der Waals surface area contributed by atoms with Crippen LogP contribution in [0.15, 0.2) is 76.3 Å². The maximum atomic E-state index is 12.3. The van der Waals surface area contributed by atoms with Gasteiger partial charge >= 0.3 is 0 Å². The molecule has 1 heterocycles. The first-order valence-electron chi connectivity index (χ1n) is 8.47. The number of carbonyl (C=O) groups excluding carboxylic acids is 1. The van der Waals surface area contributed by atoms with Gasteiger partial charge in [-0.1, -0.05) is 52.3 Å². The van der Waals surface area contributed by atoms with Gasteiger partial charge in [0.2, 0.25) is 0 Å². The number of rotatable bonds is 4. The highest BCUT2D eigenvalue weighted by molar-refractivity contribution is 9.10. The van der Waals surface area contributed by atoms with Crippen LogP contribution in [0.2, 0.25) is 0 Å². The molecule has 0 atom stereocenters. The molecule has 0 aliphatic rings. The molecule has 138 valence electrons. The number of nitrogens with one attached hydrogen (secondary N) is 2. The lowest BCUT2D eigenvalue weighted by molar-refractivity contribution is 0.0950. The number of nitrogens with zero attached hydrogens (tertiary/aromatic N) is 2. The number of phenols is 1. The zero-order chi connectivity index (χ0) is 19.5. The Morgan fingerprint density at radius 3 is 2.75 bits per heavy atom. The van der Waals surface area contributed by atoms with Crippen molar-refractivity contribution in [2.24, 2.45) is 5.10 Å². The summed E-state index contributed by atoms with van der Waals surface area (Å²) in [5.41, 5.74) is 4.78. The number of benzene rings is 3. The number of fused-ring (bicyclic) bond motifs is 1. The fourth-order valence-corrected chi connectivity index (χ4v) is 3.16. The molecule has 4 rings (SSSR count). The fraction of sp³-hybridized carbons (Fsp3) is 0. The number of phenolic OH excluding ortho intramolecular Hbond substituents is 1. The largest absolute Gasteiger partial charge is 0.507 e. The Morgan fingerprint density at radius 2 is 1.89 bits per heavy atom. The van der Waals surface area contributed by atoms with E-state index in [1.807, 2.05) is 42.5 Å². The molecule has 0 saturated heterocycles. The molecule has 0 saturated carbocycles. The van der Waals surface area contributed by atoms with Crippen molar-refractivity contribution in [2.75, 3.05) is 0 Å². The first-order valence-corrected chi connectivity index (χ1v) is 9.26. The molecule has 7 heteroatoms. The van der Waals surface area contributed by atoms with Crippen LogP contribution >= 0.6 is 15.9 Å². The van der Waals surface area contributed by atoms with Gasteiger partial charge in [-0.25, -0.2) is 5.43 Å². The van der Waals surface area contributed by atoms with Crippen LogP contribution in [0.25, 0.3) is 22.0 Å². The molecular formula is C21H15BrN4O2. The summed E-state index contributed by atoms with van der Waals surface area (Å²) in [6.07, 6.45) is 1.37. The maximum absolute atomic E-state index is 12.3. The van der Waals surface area contributed by atoms with Crippen LogP contribution in [0.1, 0.15) is 16.1 Å². The summed E-state index contributed by atoms with van der Waals surface area (Å²) >= 11 is 3.32. The van der Waals surface area contributed by atoms with E-state index in [2.05, 4.69) is 36.7 Å². The summed E-state index contributed by atoms with van der Waals surface area (Å²) in [5.74, 6) is -0.355. The molecule has 0 spiro atoms. The van der Waals surface area contributed by atoms with Crippen LogP contribution in [-0.4, -0.2) is 27.4 Å². The molecule has 1 amide bonds. The number of H-pyrrole nitrogens is 1. The van der Waals surface area contributed by atoms with Gasteiger partial charge < -0.3 is 5.11 Å². The highest BCUT2D eigenvalue weighted by Gasteiger charge is 2.11. The minimum atomic E-state index is -0.426. The van der Waals surface area contributed by atoms with Crippen molar-refractivity contribution < 1.29 is 9.90 Å². The van der Waals surface area contributed by atoms with Gasteiger partial charge in [0.15, 0.2) is 0 Å². The normalized spacial score (nSPS) is 11.2. The average Bonchev–Trinajstić information content (AvgIpc) is 3.20. The molecule has 6 nitrogen and oxygen atoms in total. The lowest BCUT2D eigenvalue weighted by atomic mass is 10.1. The van der Waals surface area contributed by atoms with Gasteiger partial charge in [-0.15, -0.1) is 0 Å². The van der Waals surface area contributed by atoms with Crippen LogP contribution < -0.4 is 5.43 Å². The van der Waals surface area contributed by atoms with E-state index < -0.39 is 5.91 Å². The topological polar surface area (TPSA) is 90.4 Å². The van der Waals surface area contributed by atoms with E-state index in [0.717, 1.165) is 20.8 Å². The predicted octanol–water partition coefficient (Wildman–Crippen LogP) is 4.46. The van der Waals surface area contributed by atoms with Crippen molar-refractivity contribution in [3.8, 4) is 17.0 Å². The molecule has 3 aromatic carbocycles. The summed E-state index contributed by atoms with van der Waals surface area (Å²) < 4.78 is 0.798. The quantitative estimate of drug-likeness (QED) is 0.327. The third-order valence-electron chi connectivity index (χ3n) is 4.23. The molecule has 0 bridgehead atoms. The van der Waals surface area contributed by atoms with E-state index in [9.17, 15) is 9.90 Å². The Labute approximate surface area is 169 Å². The third-order valence-corrected chi connectivity index (χ3v) is 4.72. The van der Waals surface area contributed by atoms with Crippen molar-refractivity contribution in [1.82, 2.24) is 15.6 Å². The second-order valence-corrected chi connectivity index (χ2v) is 7.05. The summed E-state index contributed by atoms with van der Waals surface area (Å²) in [6, 6.07) is 20.7. The summed E-state index contributed by atoms with van der Waals surface area (Å²) in [5, 5.41) is 22.9. The molecule has 3 N–H and O–H groups in total. The highest BCUT2D eigenvalue weighted by atomic mass is 79.9. The van der Waals surface area contributed by atoms with Gasteiger partial charge in [-0.05, 0) is 41.1 Å². The van der Waals surface area contributed by atoms with Gasteiger partial charge in [0, 0.05) is 15.6 Å². The first-order chi connectivity index (χ1) is 13.6. The third kappa shape index (κ3) is 3.79. The Hall–Kier alpha value is -3.45. The highest BCUT2D eigenvalue weighted by Crippen LogP contribution is 2.23. The Bertz CT molecular complexity index is 1200. The summed E-state index contributed by atoms with van der Waals surface area (Å²) in [6.45, 7) is 0. The van der Waals surface area contributed by atoms with Crippen molar-refractivity contribution in [3.63, 3.8) is 0 Å². The van der Waals surface area contributed by atoms with E-state index in [-0.39, 0.29) is 5.75 Å². The SMILES string of the molecule is O=C(NN=Cc1cc(Br)ccc1O)c1cc(-c2ccc3ccccc3c2)n[nH]1. The van der Waals surface area contributed by atoms with Crippen molar-refractivity contribution in [3.05, 3.63) is 82.5 Å². The number of hydrazone groups is 1. The number of halogens is 1. The minimum Gasteiger partial charge on any atom is -0.507 e. The Kier molecular flexibility index (Phi) is 4.90. The maximum Gasteiger partial charge on any atom is 0.289 e. The van der Waals surface area contributed by atoms with Crippen LogP contribution in [0.4, 0.5) is 0 Å². The number of amides is 1. The molecule has 0 radical (unpaired) electrons. The second kappa shape index (κ2) is 7.66. The smallest absolute Gasteiger partial charge is 0.289 e. The van der Waals surface area contributed by atoms with Gasteiger partial charge in [0.25, 0.3) is 5.91 Å². The molecule has 0 fully saturated rings. The molecule has 4 aromatic rings. The van der Waals surface area contributed by atoms with E-state index in [0.29, 0.717) is 17.0 Å². The monoisotopic (exact) mass is 434 g/mol. The van der Waals surface area contributed by atoms with Crippen molar-refractivity contribution >= 4 is 38.8 Å². The van der Waals surface area contributed by atoms with Crippen LogP contribution in [0.5, 0.6) is 5.75 Å². The minimum absolute atomic E-state index is 0.0707.